The maximum atomic E-state index is 4.95. The van der Waals surface area contributed by atoms with Gasteiger partial charge in [0.05, 0.1) is 0 Å². The van der Waals surface area contributed by atoms with Crippen molar-refractivity contribution in [2.45, 2.75) is 44.6 Å². The third kappa shape index (κ3) is 3.27. The summed E-state index contributed by atoms with van der Waals surface area (Å²) >= 11 is 0. The number of anilines is 1. The Hall–Kier alpha value is -1.62. The van der Waals surface area contributed by atoms with Gasteiger partial charge in [-0.25, -0.2) is 9.97 Å². The molecule has 0 spiro atoms. The highest BCUT2D eigenvalue weighted by Gasteiger charge is 2.28. The Morgan fingerprint density at radius 3 is 2.54 bits per heavy atom. The Labute approximate surface area is 145 Å². The van der Waals surface area contributed by atoms with E-state index in [1.165, 1.54) is 43.6 Å². The van der Waals surface area contributed by atoms with E-state index in [9.17, 15) is 0 Å². The second kappa shape index (κ2) is 7.09. The number of aryl methyl sites for hydroxylation is 1. The van der Waals surface area contributed by atoms with E-state index in [0.29, 0.717) is 0 Å². The first-order chi connectivity index (χ1) is 11.8. The van der Waals surface area contributed by atoms with Gasteiger partial charge in [-0.3, -0.25) is 4.90 Å². The lowest BCUT2D eigenvalue weighted by Gasteiger charge is -2.43. The summed E-state index contributed by atoms with van der Waals surface area (Å²) in [7, 11) is 0. The van der Waals surface area contributed by atoms with E-state index in [4.69, 9.17) is 9.97 Å². The Balaban J connectivity index is 1.41. The van der Waals surface area contributed by atoms with Crippen molar-refractivity contribution in [1.82, 2.24) is 19.8 Å². The Morgan fingerprint density at radius 1 is 1.00 bits per heavy atom. The third-order valence-electron chi connectivity index (χ3n) is 5.92. The van der Waals surface area contributed by atoms with Crippen LogP contribution in [0, 0.1) is 0 Å². The first-order valence-electron chi connectivity index (χ1n) is 9.54. The van der Waals surface area contributed by atoms with Crippen molar-refractivity contribution in [2.24, 2.45) is 0 Å². The van der Waals surface area contributed by atoms with Crippen molar-refractivity contribution in [3.8, 4) is 0 Å². The van der Waals surface area contributed by atoms with Crippen LogP contribution in [0.2, 0.25) is 0 Å². The van der Waals surface area contributed by atoms with Gasteiger partial charge in [-0.15, -0.1) is 0 Å². The molecule has 0 atom stereocenters. The summed E-state index contributed by atoms with van der Waals surface area (Å²) in [6.07, 6.45) is 11.5. The molecule has 1 aromatic rings. The van der Waals surface area contributed by atoms with Crippen LogP contribution in [-0.2, 0) is 12.8 Å². The quantitative estimate of drug-likeness (QED) is 0.849. The van der Waals surface area contributed by atoms with Crippen LogP contribution in [0.5, 0.6) is 0 Å². The van der Waals surface area contributed by atoms with Gasteiger partial charge in [-0.1, -0.05) is 13.0 Å². The van der Waals surface area contributed by atoms with Crippen molar-refractivity contribution in [2.75, 3.05) is 44.2 Å². The Bertz CT molecular complexity index is 575. The maximum absolute atomic E-state index is 4.95. The van der Waals surface area contributed by atoms with E-state index in [0.717, 1.165) is 57.4 Å². The molecule has 24 heavy (non-hydrogen) atoms. The molecular weight excluding hydrogens is 298 g/mol. The molecule has 2 aliphatic heterocycles. The van der Waals surface area contributed by atoms with Crippen LogP contribution in [0.25, 0.3) is 0 Å². The van der Waals surface area contributed by atoms with Gasteiger partial charge in [0.2, 0.25) is 5.95 Å². The molecule has 1 aliphatic carbocycles. The van der Waals surface area contributed by atoms with Crippen LogP contribution >= 0.6 is 0 Å². The van der Waals surface area contributed by atoms with E-state index in [2.05, 4.69) is 27.5 Å². The molecule has 3 heterocycles. The number of hydrogen-bond acceptors (Lipinski definition) is 5. The SMILES string of the molecule is C=CN1CCCc2nc(N3CCN(C4CCC4)CC3)ncc2CC1. The molecule has 130 valence electrons. The summed E-state index contributed by atoms with van der Waals surface area (Å²) in [4.78, 5) is 17.0. The first kappa shape index (κ1) is 15.9. The van der Waals surface area contributed by atoms with Gasteiger partial charge in [0, 0.05) is 57.2 Å². The van der Waals surface area contributed by atoms with Gasteiger partial charge >= 0.3 is 0 Å². The van der Waals surface area contributed by atoms with E-state index in [-0.39, 0.29) is 0 Å². The second-order valence-corrected chi connectivity index (χ2v) is 7.32. The third-order valence-corrected chi connectivity index (χ3v) is 5.92. The summed E-state index contributed by atoms with van der Waals surface area (Å²) in [6.45, 7) is 10.5. The van der Waals surface area contributed by atoms with Gasteiger partial charge < -0.3 is 9.80 Å². The summed E-state index contributed by atoms with van der Waals surface area (Å²) in [6, 6.07) is 0.858. The smallest absolute Gasteiger partial charge is 0.225 e. The molecule has 3 aliphatic rings. The lowest BCUT2D eigenvalue weighted by atomic mass is 9.91. The van der Waals surface area contributed by atoms with E-state index >= 15 is 0 Å². The predicted molar refractivity (Wildman–Crippen MR) is 97.3 cm³/mol. The van der Waals surface area contributed by atoms with Crippen LogP contribution in [0.1, 0.15) is 36.9 Å². The van der Waals surface area contributed by atoms with Crippen molar-refractivity contribution in [3.05, 3.63) is 30.2 Å². The molecule has 0 aromatic carbocycles. The van der Waals surface area contributed by atoms with Gasteiger partial charge in [-0.2, -0.15) is 0 Å². The summed E-state index contributed by atoms with van der Waals surface area (Å²) < 4.78 is 0. The Morgan fingerprint density at radius 2 is 1.83 bits per heavy atom. The molecule has 0 N–H and O–H groups in total. The number of rotatable bonds is 3. The van der Waals surface area contributed by atoms with Crippen molar-refractivity contribution in [1.29, 1.82) is 0 Å². The average molecular weight is 327 g/mol. The number of piperazine rings is 1. The molecule has 1 aromatic heterocycles. The molecular formula is C19H29N5. The maximum Gasteiger partial charge on any atom is 0.225 e. The first-order valence-corrected chi connectivity index (χ1v) is 9.54. The molecule has 5 nitrogen and oxygen atoms in total. The van der Waals surface area contributed by atoms with Crippen LogP contribution < -0.4 is 4.90 Å². The molecule has 0 bridgehead atoms. The molecule has 0 unspecified atom stereocenters. The van der Waals surface area contributed by atoms with E-state index in [1.807, 2.05) is 6.20 Å². The van der Waals surface area contributed by atoms with E-state index in [1.54, 1.807) is 0 Å². The lowest BCUT2D eigenvalue weighted by Crippen LogP contribution is -2.52. The monoisotopic (exact) mass is 327 g/mol. The van der Waals surface area contributed by atoms with Gasteiger partial charge in [0.15, 0.2) is 0 Å². The largest absolute Gasteiger partial charge is 0.378 e. The van der Waals surface area contributed by atoms with Crippen molar-refractivity contribution in [3.63, 3.8) is 0 Å². The molecule has 1 saturated heterocycles. The zero-order valence-electron chi connectivity index (χ0n) is 14.7. The van der Waals surface area contributed by atoms with E-state index < -0.39 is 0 Å². The minimum atomic E-state index is 0.858. The highest BCUT2D eigenvalue weighted by molar-refractivity contribution is 5.34. The van der Waals surface area contributed by atoms with Crippen LogP contribution in [0.4, 0.5) is 5.95 Å². The van der Waals surface area contributed by atoms with Crippen LogP contribution in [-0.4, -0.2) is 65.1 Å². The fourth-order valence-corrected chi connectivity index (χ4v) is 4.06. The topological polar surface area (TPSA) is 35.5 Å². The lowest BCUT2D eigenvalue weighted by molar-refractivity contribution is 0.120. The highest BCUT2D eigenvalue weighted by Crippen LogP contribution is 2.26. The molecule has 4 rings (SSSR count). The van der Waals surface area contributed by atoms with Crippen LogP contribution in [0.15, 0.2) is 19.0 Å². The predicted octanol–water partition coefficient (Wildman–Crippen LogP) is 2.09. The summed E-state index contributed by atoms with van der Waals surface area (Å²) in [5, 5.41) is 0. The molecule has 1 saturated carbocycles. The number of fused-ring (bicyclic) bond motifs is 1. The molecule has 0 amide bonds. The minimum Gasteiger partial charge on any atom is -0.378 e. The standard InChI is InChI=1S/C19H29N5/c1-2-22-9-4-7-18-16(8-10-22)15-20-19(21-18)24-13-11-23(12-14-24)17-5-3-6-17/h2,15,17H,1,3-14H2. The fourth-order valence-electron chi connectivity index (χ4n) is 4.06. The van der Waals surface area contributed by atoms with Crippen molar-refractivity contribution < 1.29 is 0 Å². The van der Waals surface area contributed by atoms with Crippen LogP contribution in [0.3, 0.4) is 0 Å². The number of nitrogens with zero attached hydrogens (tertiary/aromatic N) is 5. The number of aromatic nitrogens is 2. The second-order valence-electron chi connectivity index (χ2n) is 7.32. The summed E-state index contributed by atoms with van der Waals surface area (Å²) in [5.74, 6) is 0.947. The fraction of sp³-hybridized carbons (Fsp3) is 0.684. The zero-order chi connectivity index (χ0) is 16.4. The molecule has 2 fully saturated rings. The highest BCUT2D eigenvalue weighted by atomic mass is 15.3. The van der Waals surface area contributed by atoms with Gasteiger partial charge in [-0.05, 0) is 43.9 Å². The van der Waals surface area contributed by atoms with Gasteiger partial charge in [0.1, 0.15) is 0 Å². The molecule has 5 heteroatoms. The van der Waals surface area contributed by atoms with Crippen molar-refractivity contribution >= 4 is 5.95 Å². The summed E-state index contributed by atoms with van der Waals surface area (Å²) in [5.41, 5.74) is 2.59. The Kier molecular flexibility index (Phi) is 4.69. The average Bonchev–Trinajstić information content (AvgIpc) is 2.55. The minimum absolute atomic E-state index is 0.858. The molecule has 0 radical (unpaired) electrons. The zero-order valence-corrected chi connectivity index (χ0v) is 14.7. The normalized spacial score (nSPS) is 23.2. The van der Waals surface area contributed by atoms with Gasteiger partial charge in [0.25, 0.3) is 0 Å². The number of hydrogen-bond donors (Lipinski definition) is 0.